The summed E-state index contributed by atoms with van der Waals surface area (Å²) in [6.07, 6.45) is 3.25. The molecule has 174 valence electrons. The van der Waals surface area contributed by atoms with Gasteiger partial charge in [0.25, 0.3) is 0 Å². The van der Waals surface area contributed by atoms with Crippen LogP contribution in [0.15, 0.2) is 60.2 Å². The summed E-state index contributed by atoms with van der Waals surface area (Å²) in [5.74, 6) is -2.04. The van der Waals surface area contributed by atoms with Crippen molar-refractivity contribution in [1.29, 1.82) is 0 Å². The van der Waals surface area contributed by atoms with Crippen molar-refractivity contribution in [2.75, 3.05) is 16.3 Å². The Labute approximate surface area is 201 Å². The van der Waals surface area contributed by atoms with Gasteiger partial charge in [-0.05, 0) is 56.2 Å². The van der Waals surface area contributed by atoms with E-state index in [4.69, 9.17) is 16.3 Å². The molecule has 0 radical (unpaired) electrons. The van der Waals surface area contributed by atoms with Gasteiger partial charge in [0.2, 0.25) is 17.7 Å². The van der Waals surface area contributed by atoms with E-state index in [0.29, 0.717) is 29.2 Å². The average molecular weight is 479 g/mol. The molecule has 8 heteroatoms. The van der Waals surface area contributed by atoms with Crippen molar-refractivity contribution < 1.29 is 23.9 Å². The Balaban J connectivity index is 1.25. The van der Waals surface area contributed by atoms with Crippen LogP contribution in [-0.2, 0) is 19.2 Å². The summed E-state index contributed by atoms with van der Waals surface area (Å²) in [7, 11) is 0. The number of amides is 3. The second-order valence-corrected chi connectivity index (χ2v) is 9.39. The third kappa shape index (κ3) is 3.90. The lowest BCUT2D eigenvalue weighted by molar-refractivity contribution is -0.139. The maximum Gasteiger partial charge on any atom is 0.316 e. The van der Waals surface area contributed by atoms with Crippen LogP contribution in [0.4, 0.5) is 11.4 Å². The van der Waals surface area contributed by atoms with Crippen LogP contribution in [-0.4, -0.2) is 30.2 Å². The average Bonchev–Trinajstić information content (AvgIpc) is 3.32. The van der Waals surface area contributed by atoms with Crippen LogP contribution in [0.2, 0.25) is 5.02 Å². The van der Waals surface area contributed by atoms with Gasteiger partial charge in [0.1, 0.15) is 5.75 Å². The second kappa shape index (κ2) is 8.72. The third-order valence-corrected chi connectivity index (χ3v) is 7.06. The predicted octanol–water partition coefficient (Wildman–Crippen LogP) is 4.14. The number of allylic oxidation sites excluding steroid dienone is 2. The van der Waals surface area contributed by atoms with Gasteiger partial charge in [-0.25, -0.2) is 0 Å². The van der Waals surface area contributed by atoms with Gasteiger partial charge in [-0.3, -0.25) is 24.1 Å². The van der Waals surface area contributed by atoms with Gasteiger partial charge in [0, 0.05) is 13.0 Å². The number of halogens is 1. The summed E-state index contributed by atoms with van der Waals surface area (Å²) in [6.45, 7) is 2.16. The van der Waals surface area contributed by atoms with Crippen LogP contribution >= 0.6 is 11.6 Å². The number of carbonyl (C=O) groups excluding carboxylic acids is 4. The van der Waals surface area contributed by atoms with E-state index in [1.54, 1.807) is 48.5 Å². The monoisotopic (exact) mass is 478 g/mol. The molecule has 0 bridgehead atoms. The van der Waals surface area contributed by atoms with Crippen LogP contribution in [0.1, 0.15) is 26.2 Å². The lowest BCUT2D eigenvalue weighted by Crippen LogP contribution is -2.30. The van der Waals surface area contributed by atoms with Gasteiger partial charge in [-0.15, -0.1) is 0 Å². The van der Waals surface area contributed by atoms with Crippen molar-refractivity contribution in [3.05, 3.63) is 65.2 Å². The molecule has 3 amide bonds. The first kappa shape index (κ1) is 22.3. The van der Waals surface area contributed by atoms with E-state index in [2.05, 4.69) is 0 Å². The largest absolute Gasteiger partial charge is 0.426 e. The molecule has 2 aromatic rings. The molecule has 5 rings (SSSR count). The molecule has 2 fully saturated rings. The van der Waals surface area contributed by atoms with Crippen molar-refractivity contribution in [2.45, 2.75) is 26.2 Å². The number of anilines is 2. The molecule has 0 spiro atoms. The number of hydrogen-bond acceptors (Lipinski definition) is 5. The van der Waals surface area contributed by atoms with E-state index in [1.807, 2.05) is 13.0 Å². The topological polar surface area (TPSA) is 84.0 Å². The minimum atomic E-state index is -0.621. The molecule has 2 aromatic carbocycles. The summed E-state index contributed by atoms with van der Waals surface area (Å²) >= 11 is 6.20. The molecular weight excluding hydrogens is 456 g/mol. The molecule has 2 heterocycles. The van der Waals surface area contributed by atoms with E-state index in [1.165, 1.54) is 9.80 Å². The standard InChI is InChI=1S/C26H23ClN2O5/c1-15-6-11-19-20(12-15)25(32)29(24(19)31)17-7-9-18(10-8-17)34-26(33)16-13-23(30)28(14-16)22-5-3-2-4-21(22)27/h2-10,16,19-20H,11-14H2,1H3/t16-,19-,20-/m0/s1. The van der Waals surface area contributed by atoms with Gasteiger partial charge in [0.15, 0.2) is 0 Å². The molecule has 0 N–H and O–H groups in total. The molecule has 0 aromatic heterocycles. The van der Waals surface area contributed by atoms with Crippen molar-refractivity contribution in [1.82, 2.24) is 0 Å². The molecule has 34 heavy (non-hydrogen) atoms. The fraction of sp³-hybridized carbons (Fsp3) is 0.308. The molecular formula is C26H23ClN2O5. The van der Waals surface area contributed by atoms with E-state index in [0.717, 1.165) is 5.57 Å². The first-order valence-electron chi connectivity index (χ1n) is 11.2. The van der Waals surface area contributed by atoms with Crippen LogP contribution in [0.5, 0.6) is 5.75 Å². The lowest BCUT2D eigenvalue weighted by atomic mass is 9.82. The zero-order valence-electron chi connectivity index (χ0n) is 18.6. The maximum absolute atomic E-state index is 12.9. The number of esters is 1. The number of carbonyl (C=O) groups is 4. The molecule has 7 nitrogen and oxygen atoms in total. The quantitative estimate of drug-likeness (QED) is 0.285. The fourth-order valence-electron chi connectivity index (χ4n) is 4.92. The first-order chi connectivity index (χ1) is 16.3. The lowest BCUT2D eigenvalue weighted by Gasteiger charge is -2.18. The van der Waals surface area contributed by atoms with Crippen LogP contribution < -0.4 is 14.5 Å². The van der Waals surface area contributed by atoms with E-state index in [9.17, 15) is 19.2 Å². The zero-order valence-corrected chi connectivity index (χ0v) is 19.3. The summed E-state index contributed by atoms with van der Waals surface area (Å²) in [5, 5.41) is 0.442. The second-order valence-electron chi connectivity index (χ2n) is 8.99. The predicted molar refractivity (Wildman–Crippen MR) is 126 cm³/mol. The van der Waals surface area contributed by atoms with Gasteiger partial charge in [-0.2, -0.15) is 0 Å². The molecule has 0 saturated carbocycles. The van der Waals surface area contributed by atoms with E-state index >= 15 is 0 Å². The maximum atomic E-state index is 12.9. The van der Waals surface area contributed by atoms with Crippen molar-refractivity contribution in [3.63, 3.8) is 0 Å². The van der Waals surface area contributed by atoms with Crippen molar-refractivity contribution in [2.24, 2.45) is 17.8 Å². The normalized spacial score (nSPS) is 24.4. The third-order valence-electron chi connectivity index (χ3n) is 6.74. The van der Waals surface area contributed by atoms with Crippen LogP contribution in [0.3, 0.4) is 0 Å². The molecule has 1 aliphatic carbocycles. The van der Waals surface area contributed by atoms with E-state index in [-0.39, 0.29) is 48.3 Å². The summed E-state index contributed by atoms with van der Waals surface area (Å²) < 4.78 is 5.49. The van der Waals surface area contributed by atoms with E-state index < -0.39 is 11.9 Å². The highest BCUT2D eigenvalue weighted by Crippen LogP contribution is 2.40. The van der Waals surface area contributed by atoms with Gasteiger partial charge in [0.05, 0.1) is 34.2 Å². The Morgan fingerprint density at radius 1 is 0.971 bits per heavy atom. The van der Waals surface area contributed by atoms with Crippen LogP contribution in [0, 0.1) is 17.8 Å². The molecule has 0 unspecified atom stereocenters. The minimum absolute atomic E-state index is 0.0369. The number of fused-ring (bicyclic) bond motifs is 1. The number of rotatable bonds is 4. The first-order valence-corrected chi connectivity index (χ1v) is 11.6. The smallest absolute Gasteiger partial charge is 0.316 e. The summed E-state index contributed by atoms with van der Waals surface area (Å²) in [5.41, 5.74) is 2.16. The number of para-hydroxylation sites is 1. The highest BCUT2D eigenvalue weighted by Gasteiger charge is 2.48. The Morgan fingerprint density at radius 2 is 1.68 bits per heavy atom. The van der Waals surface area contributed by atoms with Crippen LogP contribution in [0.25, 0.3) is 0 Å². The SMILES string of the molecule is CC1=CC[C@@H]2C(=O)N(c3ccc(OC(=O)[C@H]4CC(=O)N(c5ccccc5Cl)C4)cc3)C(=O)[C@H]2C1. The Hall–Kier alpha value is -3.45. The Bertz CT molecular complexity index is 1220. The number of hydrogen-bond donors (Lipinski definition) is 0. The molecule has 2 aliphatic heterocycles. The van der Waals surface area contributed by atoms with Crippen molar-refractivity contribution in [3.8, 4) is 5.75 Å². The highest BCUT2D eigenvalue weighted by atomic mass is 35.5. The summed E-state index contributed by atoms with van der Waals surface area (Å²) in [6, 6.07) is 13.3. The van der Waals surface area contributed by atoms with Gasteiger partial charge in [-0.1, -0.05) is 35.4 Å². The highest BCUT2D eigenvalue weighted by molar-refractivity contribution is 6.34. The number of nitrogens with zero attached hydrogens (tertiary/aromatic N) is 2. The van der Waals surface area contributed by atoms with Crippen molar-refractivity contribution >= 4 is 46.7 Å². The molecule has 3 aliphatic rings. The van der Waals surface area contributed by atoms with Gasteiger partial charge < -0.3 is 9.64 Å². The number of imide groups is 1. The minimum Gasteiger partial charge on any atom is -0.426 e. The molecule has 2 saturated heterocycles. The number of ether oxygens (including phenoxy) is 1. The summed E-state index contributed by atoms with van der Waals surface area (Å²) in [4.78, 5) is 53.6. The van der Waals surface area contributed by atoms with Gasteiger partial charge >= 0.3 is 5.97 Å². The zero-order chi connectivity index (χ0) is 24.0. The molecule has 3 atom stereocenters. The fourth-order valence-corrected chi connectivity index (χ4v) is 5.16. The Kier molecular flexibility index (Phi) is 5.73. The Morgan fingerprint density at radius 3 is 2.41 bits per heavy atom. The number of benzene rings is 2.